The minimum absolute atomic E-state index is 0.200. The van der Waals surface area contributed by atoms with E-state index in [1.54, 1.807) is 6.20 Å². The number of ether oxygens (including phenoxy) is 1. The topological polar surface area (TPSA) is 48.1 Å². The molecular formula is C12H20N2O. The van der Waals surface area contributed by atoms with E-state index in [-0.39, 0.29) is 6.10 Å². The number of aromatic nitrogens is 1. The predicted molar refractivity (Wildman–Crippen MR) is 61.7 cm³/mol. The van der Waals surface area contributed by atoms with Crippen LogP contribution < -0.4 is 10.5 Å². The fraction of sp³-hybridized carbons (Fsp3) is 0.583. The summed E-state index contributed by atoms with van der Waals surface area (Å²) in [5.74, 6) is 1.31. The van der Waals surface area contributed by atoms with E-state index in [4.69, 9.17) is 10.5 Å². The van der Waals surface area contributed by atoms with Crippen molar-refractivity contribution < 1.29 is 4.74 Å². The number of hydrogen-bond donors (Lipinski definition) is 1. The molecule has 15 heavy (non-hydrogen) atoms. The Morgan fingerprint density at radius 1 is 1.40 bits per heavy atom. The maximum atomic E-state index is 5.70. The summed E-state index contributed by atoms with van der Waals surface area (Å²) in [6.45, 7) is 6.96. The lowest BCUT2D eigenvalue weighted by Gasteiger charge is -2.15. The summed E-state index contributed by atoms with van der Waals surface area (Å²) in [5, 5.41) is 0. The summed E-state index contributed by atoms with van der Waals surface area (Å²) in [5.41, 5.74) is 6.60. The smallest absolute Gasteiger partial charge is 0.213 e. The summed E-state index contributed by atoms with van der Waals surface area (Å²) in [7, 11) is 0. The number of pyridine rings is 1. The first-order chi connectivity index (χ1) is 7.11. The van der Waals surface area contributed by atoms with Crippen molar-refractivity contribution >= 4 is 0 Å². The molecule has 0 aliphatic carbocycles. The Hall–Kier alpha value is -1.09. The zero-order chi connectivity index (χ0) is 11.3. The lowest BCUT2D eigenvalue weighted by atomic mass is 10.1. The van der Waals surface area contributed by atoms with E-state index in [1.807, 2.05) is 12.1 Å². The summed E-state index contributed by atoms with van der Waals surface area (Å²) in [4.78, 5) is 4.16. The lowest BCUT2D eigenvalue weighted by Crippen LogP contribution is -2.15. The summed E-state index contributed by atoms with van der Waals surface area (Å²) < 4.78 is 5.70. The van der Waals surface area contributed by atoms with Gasteiger partial charge in [0.05, 0.1) is 6.10 Å². The molecule has 1 aromatic rings. The Morgan fingerprint density at radius 3 is 2.73 bits per heavy atom. The van der Waals surface area contributed by atoms with E-state index in [1.165, 1.54) is 0 Å². The van der Waals surface area contributed by atoms with Gasteiger partial charge in [-0.15, -0.1) is 0 Å². The van der Waals surface area contributed by atoms with Gasteiger partial charge in [0.15, 0.2) is 0 Å². The monoisotopic (exact) mass is 208 g/mol. The van der Waals surface area contributed by atoms with Gasteiger partial charge in [-0.2, -0.15) is 0 Å². The first-order valence-corrected chi connectivity index (χ1v) is 5.43. The standard InChI is InChI=1S/C12H20N2O/c1-9(2)6-10(3)15-12-7-11(8-13)4-5-14-12/h4-5,7,9-10H,6,8,13H2,1-3H3/t10-/m0/s1. The van der Waals surface area contributed by atoms with Crippen molar-refractivity contribution in [1.29, 1.82) is 0 Å². The van der Waals surface area contributed by atoms with Crippen molar-refractivity contribution in [3.63, 3.8) is 0 Å². The van der Waals surface area contributed by atoms with Gasteiger partial charge < -0.3 is 10.5 Å². The van der Waals surface area contributed by atoms with Gasteiger partial charge in [-0.1, -0.05) is 13.8 Å². The highest BCUT2D eigenvalue weighted by atomic mass is 16.5. The van der Waals surface area contributed by atoms with Crippen LogP contribution in [0, 0.1) is 5.92 Å². The molecule has 0 saturated carbocycles. The number of hydrogen-bond acceptors (Lipinski definition) is 3. The first-order valence-electron chi connectivity index (χ1n) is 5.43. The van der Waals surface area contributed by atoms with Crippen molar-refractivity contribution in [3.05, 3.63) is 23.9 Å². The van der Waals surface area contributed by atoms with Gasteiger partial charge in [-0.25, -0.2) is 4.98 Å². The molecular weight excluding hydrogens is 188 g/mol. The van der Waals surface area contributed by atoms with Crippen LogP contribution in [-0.4, -0.2) is 11.1 Å². The Morgan fingerprint density at radius 2 is 2.13 bits per heavy atom. The van der Waals surface area contributed by atoms with Crippen LogP contribution in [0.25, 0.3) is 0 Å². The fourth-order valence-corrected chi connectivity index (χ4v) is 1.56. The Kier molecular flexibility index (Phi) is 4.56. The van der Waals surface area contributed by atoms with E-state index < -0.39 is 0 Å². The average molecular weight is 208 g/mol. The van der Waals surface area contributed by atoms with Crippen LogP contribution in [0.1, 0.15) is 32.8 Å². The van der Waals surface area contributed by atoms with Gasteiger partial charge in [-0.3, -0.25) is 0 Å². The summed E-state index contributed by atoms with van der Waals surface area (Å²) in [6, 6.07) is 3.80. The molecule has 0 fully saturated rings. The molecule has 0 aromatic carbocycles. The molecule has 0 spiro atoms. The van der Waals surface area contributed by atoms with E-state index in [9.17, 15) is 0 Å². The highest BCUT2D eigenvalue weighted by Gasteiger charge is 2.07. The Bertz CT molecular complexity index is 299. The molecule has 3 heteroatoms. The van der Waals surface area contributed by atoms with E-state index in [0.717, 1.165) is 12.0 Å². The molecule has 1 atom stereocenters. The number of nitrogens with zero attached hydrogens (tertiary/aromatic N) is 1. The zero-order valence-corrected chi connectivity index (χ0v) is 9.73. The van der Waals surface area contributed by atoms with Gasteiger partial charge in [0.25, 0.3) is 0 Å². The largest absolute Gasteiger partial charge is 0.475 e. The minimum atomic E-state index is 0.200. The number of rotatable bonds is 5. The highest BCUT2D eigenvalue weighted by molar-refractivity contribution is 5.20. The maximum absolute atomic E-state index is 5.70. The van der Waals surface area contributed by atoms with Crippen LogP contribution in [0.2, 0.25) is 0 Å². The normalized spacial score (nSPS) is 12.9. The first kappa shape index (κ1) is 12.0. The van der Waals surface area contributed by atoms with Crippen molar-refractivity contribution in [2.45, 2.75) is 39.8 Å². The molecule has 84 valence electrons. The second-order valence-electron chi connectivity index (χ2n) is 4.26. The third-order valence-corrected chi connectivity index (χ3v) is 2.16. The van der Waals surface area contributed by atoms with Gasteiger partial charge >= 0.3 is 0 Å². The lowest BCUT2D eigenvalue weighted by molar-refractivity contribution is 0.185. The molecule has 0 aliphatic rings. The van der Waals surface area contributed by atoms with Crippen LogP contribution in [0.4, 0.5) is 0 Å². The molecule has 0 unspecified atom stereocenters. The molecule has 0 saturated heterocycles. The molecule has 3 nitrogen and oxygen atoms in total. The second kappa shape index (κ2) is 5.71. The third kappa shape index (κ3) is 4.30. The SMILES string of the molecule is CC(C)C[C@H](C)Oc1cc(CN)ccn1. The van der Waals surface area contributed by atoms with Crippen molar-refractivity contribution in [2.24, 2.45) is 11.7 Å². The summed E-state index contributed by atoms with van der Waals surface area (Å²) in [6.07, 6.45) is 2.97. The van der Waals surface area contributed by atoms with Crippen LogP contribution in [0.15, 0.2) is 18.3 Å². The van der Waals surface area contributed by atoms with Gasteiger partial charge in [0.2, 0.25) is 5.88 Å². The van der Waals surface area contributed by atoms with Crippen LogP contribution in [-0.2, 0) is 6.54 Å². The van der Waals surface area contributed by atoms with E-state index in [0.29, 0.717) is 18.3 Å². The van der Waals surface area contributed by atoms with Crippen LogP contribution in [0.5, 0.6) is 5.88 Å². The molecule has 0 bridgehead atoms. The average Bonchev–Trinajstić information content (AvgIpc) is 2.16. The quantitative estimate of drug-likeness (QED) is 0.808. The Labute approximate surface area is 91.7 Å². The highest BCUT2D eigenvalue weighted by Crippen LogP contribution is 2.14. The summed E-state index contributed by atoms with van der Waals surface area (Å²) >= 11 is 0. The van der Waals surface area contributed by atoms with Gasteiger partial charge in [-0.05, 0) is 30.9 Å². The third-order valence-electron chi connectivity index (χ3n) is 2.16. The van der Waals surface area contributed by atoms with Crippen LogP contribution in [0.3, 0.4) is 0 Å². The molecule has 1 rings (SSSR count). The fourth-order valence-electron chi connectivity index (χ4n) is 1.56. The van der Waals surface area contributed by atoms with Crippen LogP contribution >= 0.6 is 0 Å². The van der Waals surface area contributed by atoms with Crippen molar-refractivity contribution in [1.82, 2.24) is 4.98 Å². The molecule has 0 aliphatic heterocycles. The van der Waals surface area contributed by atoms with Crippen molar-refractivity contribution in [3.8, 4) is 5.88 Å². The van der Waals surface area contributed by atoms with E-state index >= 15 is 0 Å². The van der Waals surface area contributed by atoms with Gasteiger partial charge in [0.1, 0.15) is 0 Å². The molecule has 0 radical (unpaired) electrons. The number of nitrogens with two attached hydrogens (primary N) is 1. The molecule has 0 amide bonds. The maximum Gasteiger partial charge on any atom is 0.213 e. The molecule has 1 aromatic heterocycles. The predicted octanol–water partition coefficient (Wildman–Crippen LogP) is 2.35. The van der Waals surface area contributed by atoms with Gasteiger partial charge in [0, 0.05) is 18.8 Å². The zero-order valence-electron chi connectivity index (χ0n) is 9.73. The molecule has 2 N–H and O–H groups in total. The second-order valence-corrected chi connectivity index (χ2v) is 4.26. The van der Waals surface area contributed by atoms with Crippen molar-refractivity contribution in [2.75, 3.05) is 0 Å². The molecule has 1 heterocycles. The minimum Gasteiger partial charge on any atom is -0.475 e. The van der Waals surface area contributed by atoms with E-state index in [2.05, 4.69) is 25.8 Å². The Balaban J connectivity index is 2.55.